The standard InChI is InChI=1S/C31H25N3O4/c1-20-11-14-23(15-12-20)29-33-26-10-5-4-9-25(26)30(35)34(29)32-19-22-13-16-27(28(18-22)37-3)38-31(36)24-8-6-7-21(2)17-24/h4-19H,1-3H3. The van der Waals surface area contributed by atoms with Gasteiger partial charge < -0.3 is 9.47 Å². The molecule has 0 aliphatic rings. The Labute approximate surface area is 219 Å². The third-order valence-electron chi connectivity index (χ3n) is 6.03. The van der Waals surface area contributed by atoms with Gasteiger partial charge in [0.2, 0.25) is 0 Å². The van der Waals surface area contributed by atoms with Crippen LogP contribution in [0.25, 0.3) is 22.3 Å². The van der Waals surface area contributed by atoms with Crippen LogP contribution in [0, 0.1) is 13.8 Å². The van der Waals surface area contributed by atoms with Gasteiger partial charge in [-0.1, -0.05) is 59.7 Å². The molecule has 0 atom stereocenters. The minimum atomic E-state index is -0.482. The fourth-order valence-electron chi connectivity index (χ4n) is 4.02. The number of aromatic nitrogens is 2. The van der Waals surface area contributed by atoms with Crippen molar-refractivity contribution in [3.05, 3.63) is 124 Å². The first-order valence-corrected chi connectivity index (χ1v) is 12.0. The van der Waals surface area contributed by atoms with Crippen LogP contribution in [-0.2, 0) is 0 Å². The number of carbonyl (C=O) groups excluding carboxylic acids is 1. The summed E-state index contributed by atoms with van der Waals surface area (Å²) in [7, 11) is 1.49. The number of methoxy groups -OCH3 is 1. The molecule has 0 N–H and O–H groups in total. The Kier molecular flexibility index (Phi) is 6.82. The third-order valence-corrected chi connectivity index (χ3v) is 6.03. The number of hydrogen-bond acceptors (Lipinski definition) is 6. The maximum Gasteiger partial charge on any atom is 0.343 e. The van der Waals surface area contributed by atoms with Gasteiger partial charge >= 0.3 is 5.97 Å². The molecule has 4 aromatic carbocycles. The Bertz CT molecular complexity index is 1740. The van der Waals surface area contributed by atoms with E-state index in [2.05, 4.69) is 5.10 Å². The van der Waals surface area contributed by atoms with Gasteiger partial charge in [-0.2, -0.15) is 9.78 Å². The number of carbonyl (C=O) groups is 1. The molecule has 0 aliphatic heterocycles. The molecule has 0 saturated carbocycles. The van der Waals surface area contributed by atoms with E-state index in [1.165, 1.54) is 11.8 Å². The zero-order valence-electron chi connectivity index (χ0n) is 21.2. The van der Waals surface area contributed by atoms with E-state index in [1.807, 2.05) is 56.3 Å². The number of ether oxygens (including phenoxy) is 2. The second kappa shape index (κ2) is 10.5. The molecule has 5 rings (SSSR count). The van der Waals surface area contributed by atoms with Gasteiger partial charge in [-0.3, -0.25) is 4.79 Å². The molecule has 188 valence electrons. The lowest BCUT2D eigenvalue weighted by Crippen LogP contribution is -2.20. The number of para-hydroxylation sites is 1. The van der Waals surface area contributed by atoms with Gasteiger partial charge in [-0.05, 0) is 61.9 Å². The van der Waals surface area contributed by atoms with Gasteiger partial charge in [0.25, 0.3) is 5.56 Å². The molecule has 0 aliphatic carbocycles. The molecule has 0 unspecified atom stereocenters. The van der Waals surface area contributed by atoms with Crippen molar-refractivity contribution in [1.29, 1.82) is 0 Å². The molecule has 7 heteroatoms. The van der Waals surface area contributed by atoms with E-state index in [4.69, 9.17) is 14.5 Å². The highest BCUT2D eigenvalue weighted by atomic mass is 16.6. The van der Waals surface area contributed by atoms with E-state index in [-0.39, 0.29) is 11.3 Å². The normalized spacial score (nSPS) is 11.1. The van der Waals surface area contributed by atoms with Crippen molar-refractivity contribution in [2.45, 2.75) is 13.8 Å². The average Bonchev–Trinajstić information content (AvgIpc) is 2.93. The topological polar surface area (TPSA) is 82.8 Å². The quantitative estimate of drug-likeness (QED) is 0.166. The molecule has 38 heavy (non-hydrogen) atoms. The van der Waals surface area contributed by atoms with Crippen LogP contribution < -0.4 is 15.0 Å². The summed E-state index contributed by atoms with van der Waals surface area (Å²) in [5.74, 6) is 0.587. The lowest BCUT2D eigenvalue weighted by molar-refractivity contribution is 0.0729. The van der Waals surface area contributed by atoms with Crippen molar-refractivity contribution >= 4 is 23.1 Å². The predicted molar refractivity (Wildman–Crippen MR) is 148 cm³/mol. The highest BCUT2D eigenvalue weighted by Gasteiger charge is 2.14. The Balaban J connectivity index is 1.50. The Morgan fingerprint density at radius 2 is 1.66 bits per heavy atom. The van der Waals surface area contributed by atoms with Crippen LogP contribution in [0.1, 0.15) is 27.0 Å². The number of benzene rings is 4. The summed E-state index contributed by atoms with van der Waals surface area (Å²) in [6.45, 7) is 3.91. The van der Waals surface area contributed by atoms with Gasteiger partial charge in [0.1, 0.15) is 0 Å². The zero-order valence-corrected chi connectivity index (χ0v) is 21.2. The minimum Gasteiger partial charge on any atom is -0.493 e. The number of fused-ring (bicyclic) bond motifs is 1. The molecule has 1 aromatic heterocycles. The maximum atomic E-state index is 13.4. The Hall–Kier alpha value is -5.04. The number of hydrogen-bond donors (Lipinski definition) is 0. The van der Waals surface area contributed by atoms with Crippen molar-refractivity contribution in [2.24, 2.45) is 5.10 Å². The maximum absolute atomic E-state index is 13.4. The van der Waals surface area contributed by atoms with Crippen LogP contribution >= 0.6 is 0 Å². The zero-order chi connectivity index (χ0) is 26.6. The van der Waals surface area contributed by atoms with E-state index < -0.39 is 5.97 Å². The lowest BCUT2D eigenvalue weighted by Gasteiger charge is -2.11. The second-order valence-electron chi connectivity index (χ2n) is 8.85. The van der Waals surface area contributed by atoms with E-state index in [0.29, 0.717) is 33.6 Å². The molecule has 7 nitrogen and oxygen atoms in total. The van der Waals surface area contributed by atoms with Crippen molar-refractivity contribution in [2.75, 3.05) is 7.11 Å². The first-order chi connectivity index (χ1) is 18.4. The van der Waals surface area contributed by atoms with E-state index in [9.17, 15) is 9.59 Å². The average molecular weight is 504 g/mol. The van der Waals surface area contributed by atoms with Crippen LogP contribution in [0.5, 0.6) is 11.5 Å². The summed E-state index contributed by atoms with van der Waals surface area (Å²) >= 11 is 0. The summed E-state index contributed by atoms with van der Waals surface area (Å²) in [5, 5.41) is 4.97. The van der Waals surface area contributed by atoms with Crippen LogP contribution in [-0.4, -0.2) is 29.0 Å². The van der Waals surface area contributed by atoms with Gasteiger partial charge in [-0.25, -0.2) is 9.78 Å². The number of nitrogens with zero attached hydrogens (tertiary/aromatic N) is 3. The predicted octanol–water partition coefficient (Wildman–Crippen LogP) is 5.79. The molecule has 1 heterocycles. The molecular formula is C31H25N3O4. The highest BCUT2D eigenvalue weighted by molar-refractivity contribution is 5.92. The largest absolute Gasteiger partial charge is 0.493 e. The van der Waals surface area contributed by atoms with Crippen molar-refractivity contribution in [1.82, 2.24) is 9.66 Å². The SMILES string of the molecule is COc1cc(C=Nn2c(-c3ccc(C)cc3)nc3ccccc3c2=O)ccc1OC(=O)c1cccc(C)c1. The molecule has 0 spiro atoms. The first kappa shape index (κ1) is 24.6. The summed E-state index contributed by atoms with van der Waals surface area (Å²) in [5.41, 5.74) is 4.24. The second-order valence-corrected chi connectivity index (χ2v) is 8.85. The van der Waals surface area contributed by atoms with Gasteiger partial charge in [0, 0.05) is 5.56 Å². The van der Waals surface area contributed by atoms with E-state index >= 15 is 0 Å². The van der Waals surface area contributed by atoms with Crippen molar-refractivity contribution in [3.8, 4) is 22.9 Å². The van der Waals surface area contributed by atoms with E-state index in [0.717, 1.165) is 16.7 Å². The Morgan fingerprint density at radius 1 is 0.868 bits per heavy atom. The molecule has 5 aromatic rings. The number of aryl methyl sites for hydroxylation is 2. The monoisotopic (exact) mass is 503 g/mol. The molecule has 0 saturated heterocycles. The molecule has 0 radical (unpaired) electrons. The van der Waals surface area contributed by atoms with Crippen molar-refractivity contribution in [3.63, 3.8) is 0 Å². The van der Waals surface area contributed by atoms with Crippen molar-refractivity contribution < 1.29 is 14.3 Å². The fourth-order valence-corrected chi connectivity index (χ4v) is 4.02. The first-order valence-electron chi connectivity index (χ1n) is 12.0. The van der Waals surface area contributed by atoms with Gasteiger partial charge in [0.05, 0.1) is 29.8 Å². The summed E-state index contributed by atoms with van der Waals surface area (Å²) in [6.07, 6.45) is 1.55. The van der Waals surface area contributed by atoms with Crippen LogP contribution in [0.2, 0.25) is 0 Å². The fraction of sp³-hybridized carbons (Fsp3) is 0.0968. The summed E-state index contributed by atoms with van der Waals surface area (Å²) < 4.78 is 12.3. The molecular weight excluding hydrogens is 478 g/mol. The smallest absolute Gasteiger partial charge is 0.343 e. The third kappa shape index (κ3) is 5.08. The van der Waals surface area contributed by atoms with Crippen LogP contribution in [0.15, 0.2) is 101 Å². The summed E-state index contributed by atoms with van der Waals surface area (Å²) in [6, 6.07) is 27.2. The summed E-state index contributed by atoms with van der Waals surface area (Å²) in [4.78, 5) is 30.7. The highest BCUT2D eigenvalue weighted by Crippen LogP contribution is 2.29. The number of esters is 1. The number of rotatable bonds is 6. The Morgan fingerprint density at radius 3 is 2.42 bits per heavy atom. The van der Waals surface area contributed by atoms with Crippen LogP contribution in [0.4, 0.5) is 0 Å². The lowest BCUT2D eigenvalue weighted by atomic mass is 10.1. The van der Waals surface area contributed by atoms with Gasteiger partial charge in [0.15, 0.2) is 17.3 Å². The molecule has 0 fully saturated rings. The van der Waals surface area contributed by atoms with Gasteiger partial charge in [-0.15, -0.1) is 0 Å². The van der Waals surface area contributed by atoms with E-state index in [1.54, 1.807) is 54.7 Å². The van der Waals surface area contributed by atoms with Crippen LogP contribution in [0.3, 0.4) is 0 Å². The minimum absolute atomic E-state index is 0.279. The molecule has 0 amide bonds. The molecule has 0 bridgehead atoms.